The molecule has 3 nitrogen and oxygen atoms in total. The summed E-state index contributed by atoms with van der Waals surface area (Å²) in [6.07, 6.45) is 0.119. The highest BCUT2D eigenvalue weighted by Crippen LogP contribution is 2.19. The maximum atomic E-state index is 12.4. The minimum Gasteiger partial charge on any atom is -0.481 e. The Hall–Kier alpha value is -2.29. The highest BCUT2D eigenvalue weighted by atomic mass is 16.5. The lowest BCUT2D eigenvalue weighted by Gasteiger charge is -2.18. The first kappa shape index (κ1) is 16.1. The van der Waals surface area contributed by atoms with Crippen molar-refractivity contribution in [2.45, 2.75) is 40.2 Å². The Balaban J connectivity index is 2.06. The van der Waals surface area contributed by atoms with Gasteiger partial charge in [0.2, 0.25) is 0 Å². The van der Waals surface area contributed by atoms with Gasteiger partial charge in [-0.15, -0.1) is 0 Å². The zero-order valence-electron chi connectivity index (χ0n) is 13.6. The number of aryl methyl sites for hydroxylation is 3. The summed E-state index contributed by atoms with van der Waals surface area (Å²) in [4.78, 5) is 12.4. The molecule has 1 amide bonds. The Bertz CT molecular complexity index is 647. The summed E-state index contributed by atoms with van der Waals surface area (Å²) in [6.45, 7) is 7.99. The van der Waals surface area contributed by atoms with Crippen molar-refractivity contribution in [2.75, 3.05) is 5.32 Å². The average Bonchev–Trinajstić information content (AvgIpc) is 2.49. The number of amides is 1. The van der Waals surface area contributed by atoms with Crippen molar-refractivity contribution in [2.24, 2.45) is 0 Å². The van der Waals surface area contributed by atoms with Crippen molar-refractivity contribution in [1.82, 2.24) is 0 Å². The van der Waals surface area contributed by atoms with Crippen LogP contribution >= 0.6 is 0 Å². The van der Waals surface area contributed by atoms with Crippen molar-refractivity contribution in [3.63, 3.8) is 0 Å². The van der Waals surface area contributed by atoms with Crippen LogP contribution in [0, 0.1) is 20.8 Å². The molecule has 0 aliphatic rings. The number of nitrogens with one attached hydrogen (secondary N) is 1. The molecule has 1 N–H and O–H groups in total. The van der Waals surface area contributed by atoms with Gasteiger partial charge in [-0.1, -0.05) is 42.3 Å². The van der Waals surface area contributed by atoms with Gasteiger partial charge in [-0.05, 0) is 51.0 Å². The van der Waals surface area contributed by atoms with Gasteiger partial charge in [0, 0.05) is 5.69 Å². The molecule has 0 aromatic heterocycles. The second-order valence-corrected chi connectivity index (χ2v) is 5.64. The second-order valence-electron chi connectivity index (χ2n) is 5.64. The first-order chi connectivity index (χ1) is 10.5. The smallest absolute Gasteiger partial charge is 0.265 e. The lowest BCUT2D eigenvalue weighted by atomic mass is 10.1. The van der Waals surface area contributed by atoms with Crippen LogP contribution in [0.25, 0.3) is 0 Å². The summed E-state index contributed by atoms with van der Waals surface area (Å²) in [7, 11) is 0. The Kier molecular flexibility index (Phi) is 5.21. The maximum absolute atomic E-state index is 12.4. The molecule has 0 radical (unpaired) electrons. The third-order valence-electron chi connectivity index (χ3n) is 3.60. The van der Waals surface area contributed by atoms with Crippen molar-refractivity contribution in [3.8, 4) is 5.75 Å². The number of benzene rings is 2. The summed E-state index contributed by atoms with van der Waals surface area (Å²) in [5, 5.41) is 2.96. The Morgan fingerprint density at radius 2 is 1.68 bits per heavy atom. The SMILES string of the molecule is CC[C@@H](Oc1ccc(C)cc1)C(=O)Nc1ccc(C)cc1C. The van der Waals surface area contributed by atoms with Crippen LogP contribution in [0.5, 0.6) is 5.75 Å². The van der Waals surface area contributed by atoms with E-state index in [2.05, 4.69) is 11.4 Å². The van der Waals surface area contributed by atoms with E-state index in [-0.39, 0.29) is 5.91 Å². The van der Waals surface area contributed by atoms with Crippen LogP contribution in [0.4, 0.5) is 5.69 Å². The van der Waals surface area contributed by atoms with Crippen molar-refractivity contribution >= 4 is 11.6 Å². The molecule has 1 atom stereocenters. The molecule has 2 rings (SSSR count). The fourth-order valence-corrected chi connectivity index (χ4v) is 2.27. The number of ether oxygens (including phenoxy) is 1. The van der Waals surface area contributed by atoms with Crippen molar-refractivity contribution in [1.29, 1.82) is 0 Å². The molecule has 3 heteroatoms. The Morgan fingerprint density at radius 3 is 2.27 bits per heavy atom. The van der Waals surface area contributed by atoms with E-state index in [9.17, 15) is 4.79 Å². The number of rotatable bonds is 5. The van der Waals surface area contributed by atoms with E-state index in [0.717, 1.165) is 11.3 Å². The largest absolute Gasteiger partial charge is 0.481 e. The Morgan fingerprint density at radius 1 is 1.05 bits per heavy atom. The van der Waals surface area contributed by atoms with Crippen molar-refractivity contribution in [3.05, 3.63) is 59.2 Å². The van der Waals surface area contributed by atoms with Gasteiger partial charge in [0.15, 0.2) is 6.10 Å². The molecular weight excluding hydrogens is 274 g/mol. The molecular formula is C19H23NO2. The van der Waals surface area contributed by atoms with Gasteiger partial charge in [-0.25, -0.2) is 0 Å². The molecule has 0 bridgehead atoms. The standard InChI is InChI=1S/C19H23NO2/c1-5-18(22-16-9-6-13(2)7-10-16)19(21)20-17-11-8-14(3)12-15(17)4/h6-12,18H,5H2,1-4H3,(H,20,21)/t18-/m1/s1. The van der Waals surface area contributed by atoms with Crippen LogP contribution in [0.1, 0.15) is 30.0 Å². The van der Waals surface area contributed by atoms with Crippen LogP contribution in [0.2, 0.25) is 0 Å². The molecule has 0 saturated carbocycles. The lowest BCUT2D eigenvalue weighted by molar-refractivity contribution is -0.122. The van der Waals surface area contributed by atoms with Crippen LogP contribution in [-0.2, 0) is 4.79 Å². The van der Waals surface area contributed by atoms with Gasteiger partial charge >= 0.3 is 0 Å². The highest BCUT2D eigenvalue weighted by Gasteiger charge is 2.19. The van der Waals surface area contributed by atoms with Crippen molar-refractivity contribution < 1.29 is 9.53 Å². The molecule has 2 aromatic carbocycles. The molecule has 0 spiro atoms. The first-order valence-electron chi connectivity index (χ1n) is 7.61. The number of carbonyl (C=O) groups excluding carboxylic acids is 1. The molecule has 2 aromatic rings. The van der Waals surface area contributed by atoms with Crippen LogP contribution < -0.4 is 10.1 Å². The van der Waals surface area contributed by atoms with E-state index in [0.29, 0.717) is 12.2 Å². The van der Waals surface area contributed by atoms with E-state index in [1.807, 2.05) is 64.1 Å². The molecule has 0 heterocycles. The number of carbonyl (C=O) groups is 1. The predicted molar refractivity (Wildman–Crippen MR) is 90.4 cm³/mol. The van der Waals surface area contributed by atoms with Gasteiger partial charge in [-0.3, -0.25) is 4.79 Å². The summed E-state index contributed by atoms with van der Waals surface area (Å²) in [5.74, 6) is 0.600. The number of anilines is 1. The van der Waals surface area contributed by atoms with Gasteiger partial charge in [0.1, 0.15) is 5.75 Å². The van der Waals surface area contributed by atoms with E-state index in [1.165, 1.54) is 11.1 Å². The van der Waals surface area contributed by atoms with Gasteiger partial charge in [0.05, 0.1) is 0 Å². The third-order valence-corrected chi connectivity index (χ3v) is 3.60. The topological polar surface area (TPSA) is 38.3 Å². The molecule has 116 valence electrons. The van der Waals surface area contributed by atoms with E-state index in [1.54, 1.807) is 0 Å². The normalized spacial score (nSPS) is 11.8. The minimum atomic E-state index is -0.497. The monoisotopic (exact) mass is 297 g/mol. The van der Waals surface area contributed by atoms with E-state index >= 15 is 0 Å². The fraction of sp³-hybridized carbons (Fsp3) is 0.316. The van der Waals surface area contributed by atoms with Gasteiger partial charge in [-0.2, -0.15) is 0 Å². The number of hydrogen-bond donors (Lipinski definition) is 1. The zero-order chi connectivity index (χ0) is 16.1. The molecule has 0 saturated heterocycles. The average molecular weight is 297 g/mol. The summed E-state index contributed by atoms with van der Waals surface area (Å²) >= 11 is 0. The lowest BCUT2D eigenvalue weighted by Crippen LogP contribution is -2.32. The van der Waals surface area contributed by atoms with E-state index < -0.39 is 6.10 Å². The van der Waals surface area contributed by atoms with Crippen LogP contribution in [0.15, 0.2) is 42.5 Å². The summed E-state index contributed by atoms with van der Waals surface area (Å²) < 4.78 is 5.80. The highest BCUT2D eigenvalue weighted by molar-refractivity contribution is 5.95. The maximum Gasteiger partial charge on any atom is 0.265 e. The predicted octanol–water partition coefficient (Wildman–Crippen LogP) is 4.41. The summed E-state index contributed by atoms with van der Waals surface area (Å²) in [5.41, 5.74) is 4.23. The molecule has 0 unspecified atom stereocenters. The quantitative estimate of drug-likeness (QED) is 0.888. The molecule has 0 aliphatic carbocycles. The Labute approximate surface area is 132 Å². The zero-order valence-corrected chi connectivity index (χ0v) is 13.6. The second kappa shape index (κ2) is 7.12. The van der Waals surface area contributed by atoms with Crippen LogP contribution in [-0.4, -0.2) is 12.0 Å². The number of hydrogen-bond acceptors (Lipinski definition) is 2. The molecule has 0 fully saturated rings. The molecule has 0 aliphatic heterocycles. The first-order valence-corrected chi connectivity index (χ1v) is 7.61. The summed E-state index contributed by atoms with van der Waals surface area (Å²) in [6, 6.07) is 13.7. The fourth-order valence-electron chi connectivity index (χ4n) is 2.27. The minimum absolute atomic E-state index is 0.116. The van der Waals surface area contributed by atoms with Crippen LogP contribution in [0.3, 0.4) is 0 Å². The van der Waals surface area contributed by atoms with Gasteiger partial charge in [0.25, 0.3) is 5.91 Å². The molecule has 22 heavy (non-hydrogen) atoms. The van der Waals surface area contributed by atoms with Gasteiger partial charge < -0.3 is 10.1 Å². The van der Waals surface area contributed by atoms with E-state index in [4.69, 9.17) is 4.74 Å². The third kappa shape index (κ3) is 4.10.